The van der Waals surface area contributed by atoms with Gasteiger partial charge in [0.2, 0.25) is 0 Å². The fraction of sp³-hybridized carbons (Fsp3) is 0.241. The molecule has 174 valence electrons. The number of imide groups is 1. The SMILES string of the molecule is CCCOc1ccc(C2=C(Nc3cc(C)cc(C)c3)C(=O)N(c3ccc(C)cc3C)C2=O)cc1. The highest BCUT2D eigenvalue weighted by atomic mass is 16.5. The number of anilines is 2. The molecule has 0 atom stereocenters. The molecular weight excluding hydrogens is 424 g/mol. The Balaban J connectivity index is 1.80. The van der Waals surface area contributed by atoms with E-state index in [-0.39, 0.29) is 17.5 Å². The Hall–Kier alpha value is -3.86. The summed E-state index contributed by atoms with van der Waals surface area (Å²) in [5, 5.41) is 3.27. The van der Waals surface area contributed by atoms with Crippen molar-refractivity contribution in [3.8, 4) is 5.75 Å². The number of nitrogens with one attached hydrogen (secondary N) is 1. The van der Waals surface area contributed by atoms with Gasteiger partial charge in [-0.15, -0.1) is 0 Å². The van der Waals surface area contributed by atoms with Gasteiger partial charge in [0.25, 0.3) is 11.8 Å². The molecule has 1 N–H and O–H groups in total. The van der Waals surface area contributed by atoms with Crippen molar-refractivity contribution < 1.29 is 14.3 Å². The van der Waals surface area contributed by atoms with E-state index in [1.54, 1.807) is 0 Å². The first-order valence-electron chi connectivity index (χ1n) is 11.6. The van der Waals surface area contributed by atoms with Crippen molar-refractivity contribution in [2.75, 3.05) is 16.8 Å². The zero-order valence-corrected chi connectivity index (χ0v) is 20.4. The molecule has 3 aromatic rings. The first-order valence-corrected chi connectivity index (χ1v) is 11.6. The molecular formula is C29H30N2O3. The van der Waals surface area contributed by atoms with Crippen molar-refractivity contribution in [1.29, 1.82) is 0 Å². The number of benzene rings is 3. The fourth-order valence-electron chi connectivity index (χ4n) is 4.32. The molecule has 0 spiro atoms. The first-order chi connectivity index (χ1) is 16.3. The summed E-state index contributed by atoms with van der Waals surface area (Å²) in [5.41, 5.74) is 6.76. The number of hydrogen-bond acceptors (Lipinski definition) is 4. The minimum atomic E-state index is -0.363. The molecule has 3 aromatic carbocycles. The zero-order chi connectivity index (χ0) is 24.4. The van der Waals surface area contributed by atoms with Gasteiger partial charge in [-0.1, -0.05) is 42.8 Å². The van der Waals surface area contributed by atoms with E-state index < -0.39 is 0 Å². The van der Waals surface area contributed by atoms with E-state index in [1.165, 1.54) is 4.90 Å². The highest BCUT2D eigenvalue weighted by molar-refractivity contribution is 6.46. The van der Waals surface area contributed by atoms with Crippen LogP contribution in [0.2, 0.25) is 0 Å². The molecule has 0 aromatic heterocycles. The van der Waals surface area contributed by atoms with Gasteiger partial charge in [0.1, 0.15) is 11.4 Å². The standard InChI is InChI=1S/C29H30N2O3/c1-6-13-34-24-10-8-22(9-11-24)26-27(30-23-16-19(3)14-20(4)17-23)29(33)31(28(26)32)25-12-7-18(2)15-21(25)5/h7-12,14-17,30H,6,13H2,1-5H3. The van der Waals surface area contributed by atoms with Crippen LogP contribution in [0, 0.1) is 27.7 Å². The molecule has 0 saturated heterocycles. The number of carbonyl (C=O) groups excluding carboxylic acids is 2. The van der Waals surface area contributed by atoms with Gasteiger partial charge in [0.05, 0.1) is 17.9 Å². The molecule has 1 aliphatic rings. The Bertz CT molecular complexity index is 1270. The van der Waals surface area contributed by atoms with Crippen LogP contribution >= 0.6 is 0 Å². The van der Waals surface area contributed by atoms with Gasteiger partial charge in [-0.05, 0) is 86.7 Å². The predicted molar refractivity (Wildman–Crippen MR) is 137 cm³/mol. The van der Waals surface area contributed by atoms with Gasteiger partial charge < -0.3 is 10.1 Å². The molecule has 1 heterocycles. The number of carbonyl (C=O) groups is 2. The fourth-order valence-corrected chi connectivity index (χ4v) is 4.32. The number of nitrogens with zero attached hydrogens (tertiary/aromatic N) is 1. The summed E-state index contributed by atoms with van der Waals surface area (Å²) in [6.45, 7) is 10.6. The van der Waals surface area contributed by atoms with Crippen LogP contribution in [-0.4, -0.2) is 18.4 Å². The Morgan fingerprint density at radius 2 is 1.47 bits per heavy atom. The predicted octanol–water partition coefficient (Wildman–Crippen LogP) is 6.11. The van der Waals surface area contributed by atoms with Gasteiger partial charge in [-0.2, -0.15) is 0 Å². The number of aryl methyl sites for hydroxylation is 4. The smallest absolute Gasteiger partial charge is 0.282 e. The number of hydrogen-bond donors (Lipinski definition) is 1. The molecule has 0 fully saturated rings. The van der Waals surface area contributed by atoms with Gasteiger partial charge in [-0.3, -0.25) is 9.59 Å². The molecule has 2 amide bonds. The van der Waals surface area contributed by atoms with Crippen molar-refractivity contribution in [3.63, 3.8) is 0 Å². The average molecular weight is 455 g/mol. The molecule has 0 saturated carbocycles. The Morgan fingerprint density at radius 1 is 0.794 bits per heavy atom. The topological polar surface area (TPSA) is 58.6 Å². The van der Waals surface area contributed by atoms with Crippen LogP contribution in [-0.2, 0) is 9.59 Å². The minimum absolute atomic E-state index is 0.275. The van der Waals surface area contributed by atoms with Crippen molar-refractivity contribution in [2.45, 2.75) is 41.0 Å². The number of amides is 2. The van der Waals surface area contributed by atoms with Crippen LogP contribution in [0.5, 0.6) is 5.75 Å². The van der Waals surface area contributed by atoms with Crippen LogP contribution < -0.4 is 15.0 Å². The Labute approximate surface area is 201 Å². The molecule has 0 bridgehead atoms. The molecule has 0 aliphatic carbocycles. The first kappa shape index (κ1) is 23.3. The third kappa shape index (κ3) is 4.60. The Kier molecular flexibility index (Phi) is 6.55. The van der Waals surface area contributed by atoms with Crippen LogP contribution in [0.25, 0.3) is 5.57 Å². The van der Waals surface area contributed by atoms with Crippen LogP contribution in [0.15, 0.2) is 66.4 Å². The van der Waals surface area contributed by atoms with E-state index in [2.05, 4.69) is 18.3 Å². The lowest BCUT2D eigenvalue weighted by Gasteiger charge is -2.18. The van der Waals surface area contributed by atoms with Crippen LogP contribution in [0.4, 0.5) is 11.4 Å². The molecule has 0 radical (unpaired) electrons. The maximum atomic E-state index is 13.7. The lowest BCUT2D eigenvalue weighted by Crippen LogP contribution is -2.33. The highest BCUT2D eigenvalue weighted by Gasteiger charge is 2.40. The normalized spacial score (nSPS) is 13.6. The van der Waals surface area contributed by atoms with E-state index in [0.29, 0.717) is 23.4 Å². The summed E-state index contributed by atoms with van der Waals surface area (Å²) >= 11 is 0. The highest BCUT2D eigenvalue weighted by Crippen LogP contribution is 2.36. The summed E-state index contributed by atoms with van der Waals surface area (Å²) < 4.78 is 5.69. The van der Waals surface area contributed by atoms with Crippen molar-refractivity contribution in [1.82, 2.24) is 0 Å². The molecule has 4 rings (SSSR count). The van der Waals surface area contributed by atoms with E-state index in [0.717, 1.165) is 40.1 Å². The maximum Gasteiger partial charge on any atom is 0.282 e. The van der Waals surface area contributed by atoms with Gasteiger partial charge in [0, 0.05) is 5.69 Å². The lowest BCUT2D eigenvalue weighted by molar-refractivity contribution is -0.120. The number of rotatable bonds is 7. The monoisotopic (exact) mass is 454 g/mol. The molecule has 5 heteroatoms. The summed E-state index contributed by atoms with van der Waals surface area (Å²) in [5.74, 6) is 0.0292. The van der Waals surface area contributed by atoms with Gasteiger partial charge in [0.15, 0.2) is 0 Å². The summed E-state index contributed by atoms with van der Waals surface area (Å²) in [4.78, 5) is 28.7. The van der Waals surface area contributed by atoms with Crippen LogP contribution in [0.3, 0.4) is 0 Å². The van der Waals surface area contributed by atoms with Gasteiger partial charge in [-0.25, -0.2) is 4.90 Å². The van der Waals surface area contributed by atoms with Gasteiger partial charge >= 0.3 is 0 Å². The largest absolute Gasteiger partial charge is 0.494 e. The Morgan fingerprint density at radius 3 is 2.09 bits per heavy atom. The number of ether oxygens (including phenoxy) is 1. The summed E-state index contributed by atoms with van der Waals surface area (Å²) in [7, 11) is 0. The second-order valence-electron chi connectivity index (χ2n) is 8.86. The van der Waals surface area contributed by atoms with E-state index in [1.807, 2.05) is 82.3 Å². The molecule has 5 nitrogen and oxygen atoms in total. The minimum Gasteiger partial charge on any atom is -0.494 e. The lowest BCUT2D eigenvalue weighted by atomic mass is 10.0. The summed E-state index contributed by atoms with van der Waals surface area (Å²) in [6, 6.07) is 19.1. The van der Waals surface area contributed by atoms with Crippen molar-refractivity contribution >= 4 is 28.8 Å². The third-order valence-electron chi connectivity index (χ3n) is 5.78. The second-order valence-corrected chi connectivity index (χ2v) is 8.86. The third-order valence-corrected chi connectivity index (χ3v) is 5.78. The van der Waals surface area contributed by atoms with Crippen molar-refractivity contribution in [2.24, 2.45) is 0 Å². The quantitative estimate of drug-likeness (QED) is 0.438. The van der Waals surface area contributed by atoms with E-state index in [9.17, 15) is 9.59 Å². The maximum absolute atomic E-state index is 13.7. The molecule has 34 heavy (non-hydrogen) atoms. The zero-order valence-electron chi connectivity index (χ0n) is 20.4. The van der Waals surface area contributed by atoms with Crippen molar-refractivity contribution in [3.05, 3.63) is 94.2 Å². The van der Waals surface area contributed by atoms with E-state index >= 15 is 0 Å². The molecule has 0 unspecified atom stereocenters. The van der Waals surface area contributed by atoms with Crippen LogP contribution in [0.1, 0.15) is 41.2 Å². The molecule has 1 aliphatic heterocycles. The average Bonchev–Trinajstić information content (AvgIpc) is 3.02. The van der Waals surface area contributed by atoms with E-state index in [4.69, 9.17) is 4.74 Å². The second kappa shape index (κ2) is 9.56. The summed E-state index contributed by atoms with van der Waals surface area (Å²) in [6.07, 6.45) is 0.911.